The van der Waals surface area contributed by atoms with Crippen LogP contribution in [0, 0.1) is 0 Å². The van der Waals surface area contributed by atoms with Crippen LogP contribution in [-0.2, 0) is 6.42 Å². The van der Waals surface area contributed by atoms with E-state index in [4.69, 9.17) is 5.10 Å². The van der Waals surface area contributed by atoms with Crippen molar-refractivity contribution in [3.63, 3.8) is 0 Å². The lowest BCUT2D eigenvalue weighted by Crippen LogP contribution is -2.37. The third-order valence-corrected chi connectivity index (χ3v) is 4.44. The molecule has 1 atom stereocenters. The van der Waals surface area contributed by atoms with Crippen LogP contribution in [0.4, 0.5) is 5.82 Å². The minimum atomic E-state index is -0.0726. The molecule has 1 aliphatic heterocycles. The molecule has 0 fully saturated rings. The molecule has 0 bridgehead atoms. The zero-order valence-electron chi connectivity index (χ0n) is 12.9. The summed E-state index contributed by atoms with van der Waals surface area (Å²) < 4.78 is 1.89. The van der Waals surface area contributed by atoms with Crippen LogP contribution < -0.4 is 4.90 Å². The molecule has 24 heavy (non-hydrogen) atoms. The van der Waals surface area contributed by atoms with Gasteiger partial charge in [0.1, 0.15) is 11.9 Å². The highest BCUT2D eigenvalue weighted by Gasteiger charge is 2.33. The second-order valence-corrected chi connectivity index (χ2v) is 5.82. The average molecular weight is 317 g/mol. The monoisotopic (exact) mass is 317 g/mol. The normalized spacial score (nSPS) is 17.2. The Morgan fingerprint density at radius 3 is 3.04 bits per heavy atom. The van der Waals surface area contributed by atoms with Crippen molar-refractivity contribution in [3.8, 4) is 0 Å². The maximum atomic E-state index is 4.76. The number of hydrogen-bond acceptors (Lipinski definition) is 5. The second-order valence-electron chi connectivity index (χ2n) is 5.82. The quantitative estimate of drug-likeness (QED) is 0.612. The topological polar surface area (TPSA) is 75.0 Å². The van der Waals surface area contributed by atoms with E-state index in [-0.39, 0.29) is 6.04 Å². The van der Waals surface area contributed by atoms with Gasteiger partial charge in [0.2, 0.25) is 0 Å². The van der Waals surface area contributed by atoms with Gasteiger partial charge in [-0.25, -0.2) is 14.5 Å². The maximum absolute atomic E-state index is 4.76. The number of hydrogen-bond donors (Lipinski definition) is 1. The van der Waals surface area contributed by atoms with Crippen molar-refractivity contribution in [1.29, 1.82) is 0 Å². The van der Waals surface area contributed by atoms with Crippen molar-refractivity contribution in [2.45, 2.75) is 12.5 Å². The van der Waals surface area contributed by atoms with E-state index in [0.29, 0.717) is 0 Å². The molecule has 118 valence electrons. The van der Waals surface area contributed by atoms with E-state index in [9.17, 15) is 0 Å². The summed E-state index contributed by atoms with van der Waals surface area (Å²) in [5, 5.41) is 4.76. The molecule has 7 heteroatoms. The molecule has 0 spiro atoms. The van der Waals surface area contributed by atoms with Gasteiger partial charge < -0.3 is 9.88 Å². The molecule has 5 rings (SSSR count). The fourth-order valence-corrected chi connectivity index (χ4v) is 3.35. The molecule has 0 aliphatic carbocycles. The Hall–Kier alpha value is -3.22. The minimum Gasteiger partial charge on any atom is -0.348 e. The lowest BCUT2D eigenvalue weighted by molar-refractivity contribution is 0.609. The number of rotatable bonds is 2. The van der Waals surface area contributed by atoms with Gasteiger partial charge in [-0.2, -0.15) is 5.10 Å². The van der Waals surface area contributed by atoms with Crippen molar-refractivity contribution in [2.24, 2.45) is 0 Å². The summed E-state index contributed by atoms with van der Waals surface area (Å²) in [4.78, 5) is 18.7. The molecule has 7 nitrogen and oxygen atoms in total. The van der Waals surface area contributed by atoms with Crippen LogP contribution in [-0.4, -0.2) is 36.1 Å². The molecule has 1 N–H and O–H groups in total. The summed E-state index contributed by atoms with van der Waals surface area (Å²) in [6, 6.07) is 8.08. The van der Waals surface area contributed by atoms with E-state index in [1.807, 2.05) is 22.8 Å². The molecule has 4 aromatic heterocycles. The molecule has 1 unspecified atom stereocenters. The van der Waals surface area contributed by atoms with E-state index in [0.717, 1.165) is 41.4 Å². The van der Waals surface area contributed by atoms with Crippen molar-refractivity contribution < 1.29 is 0 Å². The Balaban J connectivity index is 1.68. The van der Waals surface area contributed by atoms with E-state index >= 15 is 0 Å². The summed E-state index contributed by atoms with van der Waals surface area (Å²) in [6.45, 7) is 0.840. The highest BCUT2D eigenvalue weighted by Crippen LogP contribution is 2.35. The Kier molecular flexibility index (Phi) is 2.84. The molecule has 1 aliphatic rings. The Morgan fingerprint density at radius 1 is 1.17 bits per heavy atom. The molecule has 0 saturated heterocycles. The summed E-state index contributed by atoms with van der Waals surface area (Å²) >= 11 is 0. The lowest BCUT2D eigenvalue weighted by Gasteiger charge is -2.34. The number of pyridine rings is 1. The van der Waals surface area contributed by atoms with Crippen LogP contribution in [0.2, 0.25) is 0 Å². The summed E-state index contributed by atoms with van der Waals surface area (Å²) in [5.74, 6) is 0.841. The van der Waals surface area contributed by atoms with E-state index in [2.05, 4.69) is 37.0 Å². The van der Waals surface area contributed by atoms with Crippen LogP contribution in [0.15, 0.2) is 55.4 Å². The predicted molar refractivity (Wildman–Crippen MR) is 88.7 cm³/mol. The Bertz CT molecular complexity index is 955. The number of fused-ring (bicyclic) bond motifs is 2. The summed E-state index contributed by atoms with van der Waals surface area (Å²) in [7, 11) is 0. The van der Waals surface area contributed by atoms with Crippen LogP contribution >= 0.6 is 0 Å². The van der Waals surface area contributed by atoms with Crippen LogP contribution in [0.3, 0.4) is 0 Å². The number of imidazole rings is 1. The van der Waals surface area contributed by atoms with Crippen molar-refractivity contribution >= 4 is 11.3 Å². The zero-order chi connectivity index (χ0) is 15.9. The van der Waals surface area contributed by atoms with Crippen molar-refractivity contribution in [3.05, 3.63) is 72.5 Å². The molecule has 4 aromatic rings. The van der Waals surface area contributed by atoms with Gasteiger partial charge in [0.25, 0.3) is 0 Å². The summed E-state index contributed by atoms with van der Waals surface area (Å²) in [6.07, 6.45) is 9.81. The maximum Gasteiger partial charge on any atom is 0.147 e. The van der Waals surface area contributed by atoms with Gasteiger partial charge in [-0.1, -0.05) is 6.07 Å². The fourth-order valence-electron chi connectivity index (χ4n) is 3.35. The van der Waals surface area contributed by atoms with Gasteiger partial charge in [0.05, 0.1) is 29.4 Å². The third-order valence-electron chi connectivity index (χ3n) is 4.44. The molecule has 0 saturated carbocycles. The summed E-state index contributed by atoms with van der Waals surface area (Å²) in [5.41, 5.74) is 4.20. The number of H-pyrrole nitrogens is 1. The number of aromatic nitrogens is 6. The zero-order valence-corrected chi connectivity index (χ0v) is 12.9. The lowest BCUT2D eigenvalue weighted by atomic mass is 10.00. The smallest absolute Gasteiger partial charge is 0.147 e. The highest BCUT2D eigenvalue weighted by molar-refractivity contribution is 5.53. The number of nitrogens with one attached hydrogen (secondary N) is 1. The second kappa shape index (κ2) is 5.16. The van der Waals surface area contributed by atoms with Gasteiger partial charge >= 0.3 is 0 Å². The fraction of sp³-hybridized carbons (Fsp3) is 0.176. The van der Waals surface area contributed by atoms with E-state index < -0.39 is 0 Å². The van der Waals surface area contributed by atoms with Gasteiger partial charge in [-0.15, -0.1) is 0 Å². The molecular formula is C17H15N7. The Morgan fingerprint density at radius 2 is 2.17 bits per heavy atom. The first-order valence-corrected chi connectivity index (χ1v) is 7.89. The molecule has 0 amide bonds. The largest absolute Gasteiger partial charge is 0.348 e. The minimum absolute atomic E-state index is 0.0726. The molecule has 5 heterocycles. The third kappa shape index (κ3) is 1.98. The first-order chi connectivity index (χ1) is 11.9. The predicted octanol–water partition coefficient (Wildman–Crippen LogP) is 2.00. The molecule has 0 radical (unpaired) electrons. The highest BCUT2D eigenvalue weighted by atomic mass is 15.3. The van der Waals surface area contributed by atoms with Crippen LogP contribution in [0.5, 0.6) is 0 Å². The van der Waals surface area contributed by atoms with Crippen LogP contribution in [0.1, 0.15) is 23.1 Å². The van der Waals surface area contributed by atoms with Gasteiger partial charge in [0.15, 0.2) is 0 Å². The first-order valence-electron chi connectivity index (χ1n) is 7.89. The Labute approximate surface area is 138 Å². The van der Waals surface area contributed by atoms with E-state index in [1.165, 1.54) is 0 Å². The first kappa shape index (κ1) is 13.2. The molecular weight excluding hydrogens is 302 g/mol. The average Bonchev–Trinajstić information content (AvgIpc) is 3.28. The van der Waals surface area contributed by atoms with Crippen molar-refractivity contribution in [2.75, 3.05) is 11.4 Å². The van der Waals surface area contributed by atoms with Crippen molar-refractivity contribution in [1.82, 2.24) is 29.5 Å². The van der Waals surface area contributed by atoms with Gasteiger partial charge in [-0.3, -0.25) is 4.98 Å². The number of nitrogens with zero attached hydrogens (tertiary/aromatic N) is 6. The van der Waals surface area contributed by atoms with Gasteiger partial charge in [0, 0.05) is 37.3 Å². The molecule has 0 aromatic carbocycles. The standard InChI is InChI=1S/C17H15N7/c1-2-7-24-12(3-1)9-14(22-24)17-16-13(20-11-21-16)4-8-23(17)15-10-18-5-6-19-15/h1-3,5-7,9-11,17H,4,8H2,(H,20,21). The van der Waals surface area contributed by atoms with Crippen LogP contribution in [0.25, 0.3) is 5.52 Å². The number of anilines is 1. The SMILES string of the molecule is c1ccn2nc(C3c4nc[nH]c4CCN3c3cnccn3)cc2c1. The number of aromatic amines is 1. The van der Waals surface area contributed by atoms with Gasteiger partial charge in [-0.05, 0) is 18.2 Å². The van der Waals surface area contributed by atoms with E-state index in [1.54, 1.807) is 24.9 Å².